The van der Waals surface area contributed by atoms with Crippen molar-refractivity contribution in [2.45, 2.75) is 36.1 Å². The average molecular weight is 437 g/mol. The van der Waals surface area contributed by atoms with Crippen LogP contribution < -0.4 is 10.0 Å². The molecule has 0 unspecified atom stereocenters. The Bertz CT molecular complexity index is 963. The van der Waals surface area contributed by atoms with Crippen LogP contribution in [-0.4, -0.2) is 38.7 Å². The number of carbonyl (C=O) groups is 2. The second kappa shape index (κ2) is 9.43. The van der Waals surface area contributed by atoms with E-state index in [1.165, 1.54) is 24.3 Å². The minimum Gasteiger partial charge on any atom is -0.452 e. The molecule has 0 aliphatic heterocycles. The van der Waals surface area contributed by atoms with Crippen LogP contribution >= 0.6 is 11.8 Å². The normalized spacial score (nSPS) is 11.7. The van der Waals surface area contributed by atoms with Gasteiger partial charge in [-0.25, -0.2) is 17.9 Å². The van der Waals surface area contributed by atoms with Gasteiger partial charge in [0.1, 0.15) is 0 Å². The molecule has 0 bridgehead atoms. The van der Waals surface area contributed by atoms with Crippen molar-refractivity contribution in [1.82, 2.24) is 4.72 Å². The third kappa shape index (κ3) is 7.19. The zero-order valence-electron chi connectivity index (χ0n) is 16.7. The van der Waals surface area contributed by atoms with Gasteiger partial charge >= 0.3 is 5.97 Å². The van der Waals surface area contributed by atoms with Gasteiger partial charge in [0.05, 0.1) is 10.5 Å². The largest absolute Gasteiger partial charge is 0.452 e. The highest BCUT2D eigenvalue weighted by atomic mass is 32.2. The van der Waals surface area contributed by atoms with Crippen molar-refractivity contribution >= 4 is 39.3 Å². The summed E-state index contributed by atoms with van der Waals surface area (Å²) in [5.41, 5.74) is 0.126. The zero-order valence-corrected chi connectivity index (χ0v) is 18.3. The van der Waals surface area contributed by atoms with Gasteiger partial charge < -0.3 is 10.1 Å². The smallest absolute Gasteiger partial charge is 0.338 e. The molecule has 0 saturated carbocycles. The van der Waals surface area contributed by atoms with E-state index >= 15 is 0 Å². The van der Waals surface area contributed by atoms with E-state index < -0.39 is 34.0 Å². The van der Waals surface area contributed by atoms with Gasteiger partial charge in [0.15, 0.2) is 6.61 Å². The van der Waals surface area contributed by atoms with Crippen molar-refractivity contribution in [1.29, 1.82) is 0 Å². The van der Waals surface area contributed by atoms with Crippen LogP contribution in [0.3, 0.4) is 0 Å². The maximum Gasteiger partial charge on any atom is 0.338 e. The predicted molar refractivity (Wildman–Crippen MR) is 114 cm³/mol. The highest BCUT2D eigenvalue weighted by Crippen LogP contribution is 2.17. The SMILES string of the molecule is CSc1ccc(NC(=O)COC(=O)c2ccc(S(=O)(=O)NC(C)(C)C)cc2)cc1. The maximum atomic E-state index is 12.3. The van der Waals surface area contributed by atoms with E-state index in [0.29, 0.717) is 5.69 Å². The number of amides is 1. The van der Waals surface area contributed by atoms with Crippen LogP contribution in [0.1, 0.15) is 31.1 Å². The molecule has 0 aliphatic carbocycles. The Kier molecular flexibility index (Phi) is 7.45. The van der Waals surface area contributed by atoms with Crippen LogP contribution in [0.4, 0.5) is 5.69 Å². The van der Waals surface area contributed by atoms with Crippen LogP contribution in [-0.2, 0) is 19.6 Å². The lowest BCUT2D eigenvalue weighted by molar-refractivity contribution is -0.119. The van der Waals surface area contributed by atoms with Crippen molar-refractivity contribution < 1.29 is 22.7 Å². The average Bonchev–Trinajstić information content (AvgIpc) is 2.65. The Morgan fingerprint density at radius 1 is 1.00 bits per heavy atom. The summed E-state index contributed by atoms with van der Waals surface area (Å²) >= 11 is 1.59. The number of thioether (sulfide) groups is 1. The second-order valence-corrected chi connectivity index (χ2v) is 9.79. The lowest BCUT2D eigenvalue weighted by Crippen LogP contribution is -2.40. The summed E-state index contributed by atoms with van der Waals surface area (Å²) < 4.78 is 32.1. The second-order valence-electron chi connectivity index (χ2n) is 7.23. The van der Waals surface area contributed by atoms with Crippen molar-refractivity contribution in [2.75, 3.05) is 18.2 Å². The van der Waals surface area contributed by atoms with E-state index in [2.05, 4.69) is 10.0 Å². The minimum atomic E-state index is -3.69. The Morgan fingerprint density at radius 3 is 2.10 bits per heavy atom. The molecule has 9 heteroatoms. The first-order valence-corrected chi connectivity index (χ1v) is 11.5. The maximum absolute atomic E-state index is 12.3. The van der Waals surface area contributed by atoms with Gasteiger partial charge in [-0.1, -0.05) is 0 Å². The van der Waals surface area contributed by atoms with E-state index in [1.807, 2.05) is 18.4 Å². The number of sulfonamides is 1. The van der Waals surface area contributed by atoms with Gasteiger partial charge in [-0.2, -0.15) is 0 Å². The van der Waals surface area contributed by atoms with Gasteiger partial charge in [0.2, 0.25) is 10.0 Å². The number of anilines is 1. The van der Waals surface area contributed by atoms with Crippen LogP contribution in [0.2, 0.25) is 0 Å². The van der Waals surface area contributed by atoms with Crippen LogP contribution in [0.5, 0.6) is 0 Å². The lowest BCUT2D eigenvalue weighted by Gasteiger charge is -2.20. The molecule has 2 aromatic rings. The topological polar surface area (TPSA) is 102 Å². The fourth-order valence-electron chi connectivity index (χ4n) is 2.32. The molecule has 0 heterocycles. The third-order valence-electron chi connectivity index (χ3n) is 3.55. The van der Waals surface area contributed by atoms with Crippen molar-refractivity contribution in [3.63, 3.8) is 0 Å². The predicted octanol–water partition coefficient (Wildman–Crippen LogP) is 3.28. The first-order valence-electron chi connectivity index (χ1n) is 8.75. The Morgan fingerprint density at radius 2 is 1.59 bits per heavy atom. The fraction of sp³-hybridized carbons (Fsp3) is 0.300. The third-order valence-corrected chi connectivity index (χ3v) is 6.07. The molecule has 0 fully saturated rings. The van der Waals surface area contributed by atoms with Crippen molar-refractivity contribution in [2.24, 2.45) is 0 Å². The summed E-state index contributed by atoms with van der Waals surface area (Å²) in [6, 6.07) is 12.6. The highest BCUT2D eigenvalue weighted by Gasteiger charge is 2.22. The van der Waals surface area contributed by atoms with E-state index in [0.717, 1.165) is 4.90 Å². The number of benzene rings is 2. The first kappa shape index (κ1) is 22.9. The fourth-order valence-corrected chi connectivity index (χ4v) is 4.14. The molecular formula is C20H24N2O5S2. The molecule has 2 N–H and O–H groups in total. The number of esters is 1. The Hall–Kier alpha value is -2.36. The first-order chi connectivity index (χ1) is 13.5. The van der Waals surface area contributed by atoms with Gasteiger partial charge in [-0.05, 0) is 75.6 Å². The summed E-state index contributed by atoms with van der Waals surface area (Å²) in [7, 11) is -3.69. The number of hydrogen-bond acceptors (Lipinski definition) is 6. The number of ether oxygens (including phenoxy) is 1. The molecule has 0 spiro atoms. The van der Waals surface area contributed by atoms with Gasteiger partial charge in [0.25, 0.3) is 5.91 Å². The summed E-state index contributed by atoms with van der Waals surface area (Å²) in [5.74, 6) is -1.19. The van der Waals surface area contributed by atoms with Crippen LogP contribution in [0, 0.1) is 0 Å². The van der Waals surface area contributed by atoms with Crippen molar-refractivity contribution in [3.8, 4) is 0 Å². The number of carbonyl (C=O) groups excluding carboxylic acids is 2. The standard InChI is InChI=1S/C20H24N2O5S2/c1-20(2,3)22-29(25,26)17-11-5-14(6-12-17)19(24)27-13-18(23)21-15-7-9-16(28-4)10-8-15/h5-12,22H,13H2,1-4H3,(H,21,23). The molecule has 7 nitrogen and oxygen atoms in total. The molecule has 156 valence electrons. The molecule has 0 aliphatic rings. The van der Waals surface area contributed by atoms with Gasteiger partial charge in [-0.15, -0.1) is 11.8 Å². The number of nitrogens with one attached hydrogen (secondary N) is 2. The molecule has 0 saturated heterocycles. The van der Waals surface area contributed by atoms with E-state index in [4.69, 9.17) is 4.74 Å². The van der Waals surface area contributed by atoms with Crippen LogP contribution in [0.25, 0.3) is 0 Å². The zero-order chi connectivity index (χ0) is 21.7. The van der Waals surface area contributed by atoms with Gasteiger partial charge in [-0.3, -0.25) is 4.79 Å². The highest BCUT2D eigenvalue weighted by molar-refractivity contribution is 7.98. The molecule has 2 rings (SSSR count). The summed E-state index contributed by atoms with van der Waals surface area (Å²) in [5, 5.41) is 2.64. The van der Waals surface area contributed by atoms with E-state index in [9.17, 15) is 18.0 Å². The molecule has 0 aromatic heterocycles. The molecule has 0 atom stereocenters. The lowest BCUT2D eigenvalue weighted by atomic mass is 10.1. The molecule has 1 amide bonds. The minimum absolute atomic E-state index is 0.0374. The monoisotopic (exact) mass is 436 g/mol. The van der Waals surface area contributed by atoms with E-state index in [-0.39, 0.29) is 10.5 Å². The molecule has 0 radical (unpaired) electrons. The Labute approximate surface area is 175 Å². The summed E-state index contributed by atoms with van der Waals surface area (Å²) in [6.45, 7) is 4.75. The summed E-state index contributed by atoms with van der Waals surface area (Å²) in [6.07, 6.45) is 1.95. The molecule has 2 aromatic carbocycles. The number of hydrogen-bond donors (Lipinski definition) is 2. The van der Waals surface area contributed by atoms with Crippen molar-refractivity contribution in [3.05, 3.63) is 54.1 Å². The van der Waals surface area contributed by atoms with E-state index in [1.54, 1.807) is 44.7 Å². The number of rotatable bonds is 7. The quantitative estimate of drug-likeness (QED) is 0.510. The summed E-state index contributed by atoms with van der Waals surface area (Å²) in [4.78, 5) is 25.1. The van der Waals surface area contributed by atoms with Crippen LogP contribution in [0.15, 0.2) is 58.3 Å². The molecule has 29 heavy (non-hydrogen) atoms. The van der Waals surface area contributed by atoms with Gasteiger partial charge in [0, 0.05) is 16.1 Å². The molecular weight excluding hydrogens is 412 g/mol. The Balaban J connectivity index is 1.92.